The number of carbonyl (C=O) groups excluding carboxylic acids is 1. The lowest BCUT2D eigenvalue weighted by Crippen LogP contribution is -2.47. The Balaban J connectivity index is 1.47. The van der Waals surface area contributed by atoms with Crippen molar-refractivity contribution >= 4 is 12.0 Å². The normalized spacial score (nSPS) is 15.1. The summed E-state index contributed by atoms with van der Waals surface area (Å²) >= 11 is 0. The van der Waals surface area contributed by atoms with Gasteiger partial charge >= 0.3 is 6.09 Å². The van der Waals surface area contributed by atoms with E-state index in [1.807, 2.05) is 30.0 Å². The summed E-state index contributed by atoms with van der Waals surface area (Å²) in [5.41, 5.74) is 3.45. The van der Waals surface area contributed by atoms with Crippen LogP contribution in [0.1, 0.15) is 37.4 Å². The van der Waals surface area contributed by atoms with E-state index >= 15 is 0 Å². The Morgan fingerprint density at radius 3 is 2.46 bits per heavy atom. The maximum Gasteiger partial charge on any atom is 0.404 e. The number of carboxylic acid groups (broad SMARTS) is 1. The third kappa shape index (κ3) is 6.23. The Kier molecular flexibility index (Phi) is 7.74. The van der Waals surface area contributed by atoms with Gasteiger partial charge in [0.05, 0.1) is 5.69 Å². The molecule has 2 N–H and O–H groups in total. The maximum absolute atomic E-state index is 13.4. The van der Waals surface area contributed by atoms with Crippen LogP contribution in [0.25, 0.3) is 11.3 Å². The number of amides is 2. The van der Waals surface area contributed by atoms with Crippen molar-refractivity contribution in [1.82, 2.24) is 25.0 Å². The van der Waals surface area contributed by atoms with E-state index < -0.39 is 6.09 Å². The number of piperidine rings is 1. The highest BCUT2D eigenvalue weighted by Crippen LogP contribution is 2.24. The summed E-state index contributed by atoms with van der Waals surface area (Å²) in [7, 11) is 0. The van der Waals surface area contributed by atoms with Crippen LogP contribution in [0.2, 0.25) is 0 Å². The van der Waals surface area contributed by atoms with Crippen molar-refractivity contribution < 1.29 is 19.1 Å². The van der Waals surface area contributed by atoms with Gasteiger partial charge in [0, 0.05) is 49.2 Å². The summed E-state index contributed by atoms with van der Waals surface area (Å²) in [6.07, 6.45) is 5.16. The van der Waals surface area contributed by atoms with Crippen molar-refractivity contribution in [2.45, 2.75) is 45.2 Å². The van der Waals surface area contributed by atoms with Crippen molar-refractivity contribution in [1.29, 1.82) is 0 Å². The average molecular weight is 480 g/mol. The molecule has 1 aliphatic heterocycles. The summed E-state index contributed by atoms with van der Waals surface area (Å²) in [6, 6.07) is 11.9. The van der Waals surface area contributed by atoms with Crippen molar-refractivity contribution in [3.8, 4) is 11.3 Å². The molecule has 9 heteroatoms. The molecule has 0 spiro atoms. The van der Waals surface area contributed by atoms with E-state index in [2.05, 4.69) is 10.3 Å². The zero-order chi connectivity index (χ0) is 24.8. The van der Waals surface area contributed by atoms with E-state index in [9.17, 15) is 14.0 Å². The summed E-state index contributed by atoms with van der Waals surface area (Å²) < 4.78 is 15.1. The van der Waals surface area contributed by atoms with Gasteiger partial charge in [0.1, 0.15) is 12.4 Å². The number of rotatable bonds is 8. The minimum atomic E-state index is -1.01. The summed E-state index contributed by atoms with van der Waals surface area (Å²) in [4.78, 5) is 30.1. The summed E-state index contributed by atoms with van der Waals surface area (Å²) in [5, 5.41) is 16.4. The zero-order valence-corrected chi connectivity index (χ0v) is 19.7. The molecule has 8 nitrogen and oxygen atoms in total. The van der Waals surface area contributed by atoms with Crippen LogP contribution in [0, 0.1) is 11.7 Å². The van der Waals surface area contributed by atoms with Crippen LogP contribution in [0.3, 0.4) is 0 Å². The smallest absolute Gasteiger partial charge is 0.404 e. The molecule has 184 valence electrons. The van der Waals surface area contributed by atoms with Crippen LogP contribution >= 0.6 is 0 Å². The second-order valence-electron chi connectivity index (χ2n) is 8.90. The number of halogens is 1. The number of hydrogen-bond acceptors (Lipinski definition) is 4. The molecule has 1 unspecified atom stereocenters. The van der Waals surface area contributed by atoms with Gasteiger partial charge in [-0.3, -0.25) is 14.5 Å². The lowest BCUT2D eigenvalue weighted by Gasteiger charge is -2.35. The molecule has 0 bridgehead atoms. The van der Waals surface area contributed by atoms with Gasteiger partial charge in [0.25, 0.3) is 0 Å². The van der Waals surface area contributed by atoms with E-state index in [1.165, 1.54) is 12.1 Å². The molecule has 1 atom stereocenters. The fraction of sp³-hybridized carbons (Fsp3) is 0.385. The highest BCUT2D eigenvalue weighted by molar-refractivity contribution is 5.76. The number of hydrogen-bond donors (Lipinski definition) is 2. The van der Waals surface area contributed by atoms with E-state index in [-0.39, 0.29) is 30.2 Å². The number of pyridine rings is 1. The summed E-state index contributed by atoms with van der Waals surface area (Å²) in [6.45, 7) is 3.26. The molecule has 1 fully saturated rings. The Morgan fingerprint density at radius 1 is 1.14 bits per heavy atom. The highest BCUT2D eigenvalue weighted by Gasteiger charge is 2.29. The number of benzene rings is 1. The average Bonchev–Trinajstić information content (AvgIpc) is 3.26. The zero-order valence-electron chi connectivity index (χ0n) is 19.7. The third-order valence-electron chi connectivity index (χ3n) is 6.63. The molecule has 2 aromatic heterocycles. The lowest BCUT2D eigenvalue weighted by molar-refractivity contribution is -0.133. The molecule has 4 rings (SSSR count). The standard InChI is InChI=1S/C26H30FN5O3/c1-2-23(29-26(34)35)20-9-13-31(14-10-20)25(33)17-32-22(15-18-3-5-21(27)6-4-18)16-24(30-32)19-7-11-28-12-8-19/h3-8,11-12,16,20,23,29H,2,9-10,13-15,17H2,1H3,(H,34,35). The first-order valence-corrected chi connectivity index (χ1v) is 11.9. The molecule has 2 amide bonds. The molecule has 3 heterocycles. The Labute approximate surface area is 203 Å². The molecule has 0 radical (unpaired) electrons. The summed E-state index contributed by atoms with van der Waals surface area (Å²) in [5.74, 6) is -0.0909. The number of nitrogens with zero attached hydrogens (tertiary/aromatic N) is 4. The van der Waals surface area contributed by atoms with Crippen molar-refractivity contribution in [2.24, 2.45) is 5.92 Å². The molecule has 0 saturated carbocycles. The van der Waals surface area contributed by atoms with Crippen LogP contribution in [-0.2, 0) is 17.8 Å². The number of carbonyl (C=O) groups is 2. The molecule has 3 aromatic rings. The second-order valence-corrected chi connectivity index (χ2v) is 8.90. The number of likely N-dealkylation sites (tertiary alicyclic amines) is 1. The molecule has 1 aliphatic rings. The van der Waals surface area contributed by atoms with Crippen molar-refractivity contribution in [2.75, 3.05) is 13.1 Å². The number of aromatic nitrogens is 3. The second kappa shape index (κ2) is 11.1. The largest absolute Gasteiger partial charge is 0.465 e. The molecule has 1 saturated heterocycles. The first kappa shape index (κ1) is 24.4. The Bertz CT molecular complexity index is 1140. The first-order chi connectivity index (χ1) is 16.9. The van der Waals surface area contributed by atoms with Crippen LogP contribution < -0.4 is 5.32 Å². The van der Waals surface area contributed by atoms with E-state index in [0.717, 1.165) is 41.8 Å². The fourth-order valence-corrected chi connectivity index (χ4v) is 4.70. The van der Waals surface area contributed by atoms with Gasteiger partial charge in [-0.2, -0.15) is 5.10 Å². The molecule has 35 heavy (non-hydrogen) atoms. The molecular formula is C26H30FN5O3. The monoisotopic (exact) mass is 479 g/mol. The quantitative estimate of drug-likeness (QED) is 0.509. The van der Waals surface area contributed by atoms with Gasteiger partial charge in [-0.1, -0.05) is 19.1 Å². The Hall–Kier alpha value is -3.75. The topological polar surface area (TPSA) is 100 Å². The minimum Gasteiger partial charge on any atom is -0.465 e. The predicted octanol–water partition coefficient (Wildman–Crippen LogP) is 3.96. The molecule has 1 aromatic carbocycles. The third-order valence-corrected chi connectivity index (χ3v) is 6.63. The first-order valence-electron chi connectivity index (χ1n) is 11.9. The van der Waals surface area contributed by atoms with E-state index in [0.29, 0.717) is 19.5 Å². The van der Waals surface area contributed by atoms with Gasteiger partial charge in [-0.15, -0.1) is 0 Å². The van der Waals surface area contributed by atoms with Gasteiger partial charge in [0.2, 0.25) is 5.91 Å². The van der Waals surface area contributed by atoms with E-state index in [4.69, 9.17) is 10.2 Å². The molecular weight excluding hydrogens is 449 g/mol. The Morgan fingerprint density at radius 2 is 1.83 bits per heavy atom. The van der Waals surface area contributed by atoms with Crippen LogP contribution in [0.5, 0.6) is 0 Å². The van der Waals surface area contributed by atoms with Gasteiger partial charge in [-0.25, -0.2) is 9.18 Å². The van der Waals surface area contributed by atoms with Gasteiger partial charge < -0.3 is 15.3 Å². The van der Waals surface area contributed by atoms with Gasteiger partial charge in [-0.05, 0) is 61.1 Å². The maximum atomic E-state index is 13.4. The van der Waals surface area contributed by atoms with Gasteiger partial charge in [0.15, 0.2) is 0 Å². The van der Waals surface area contributed by atoms with Crippen molar-refractivity contribution in [3.63, 3.8) is 0 Å². The minimum absolute atomic E-state index is 0.0209. The van der Waals surface area contributed by atoms with Crippen molar-refractivity contribution in [3.05, 3.63) is 71.9 Å². The number of nitrogens with one attached hydrogen (secondary N) is 1. The van der Waals surface area contributed by atoms with Crippen LogP contribution in [-0.4, -0.2) is 55.9 Å². The molecule has 0 aliphatic carbocycles. The SMILES string of the molecule is CCC(NC(=O)O)C1CCN(C(=O)Cn2nc(-c3ccncc3)cc2Cc2ccc(F)cc2)CC1. The fourth-order valence-electron chi connectivity index (χ4n) is 4.70. The van der Waals surface area contributed by atoms with E-state index in [1.54, 1.807) is 29.2 Å². The highest BCUT2D eigenvalue weighted by atomic mass is 19.1. The lowest BCUT2D eigenvalue weighted by atomic mass is 9.88. The van der Waals surface area contributed by atoms with Crippen LogP contribution in [0.4, 0.5) is 9.18 Å². The predicted molar refractivity (Wildman–Crippen MR) is 129 cm³/mol. The van der Waals surface area contributed by atoms with Crippen LogP contribution in [0.15, 0.2) is 54.9 Å².